The normalized spacial score (nSPS) is 22.9. The van der Waals surface area contributed by atoms with Crippen molar-refractivity contribution < 1.29 is 19.5 Å². The van der Waals surface area contributed by atoms with Crippen molar-refractivity contribution >= 4 is 17.8 Å². The van der Waals surface area contributed by atoms with E-state index in [0.29, 0.717) is 11.1 Å². The van der Waals surface area contributed by atoms with Crippen molar-refractivity contribution in [2.75, 3.05) is 7.05 Å². The summed E-state index contributed by atoms with van der Waals surface area (Å²) in [5.41, 5.74) is 1.36. The van der Waals surface area contributed by atoms with Crippen LogP contribution in [0.15, 0.2) is 54.6 Å². The highest BCUT2D eigenvalue weighted by Crippen LogP contribution is 2.38. The lowest BCUT2D eigenvalue weighted by atomic mass is 9.94. The van der Waals surface area contributed by atoms with Gasteiger partial charge in [0.15, 0.2) is 0 Å². The Labute approximate surface area is 169 Å². The van der Waals surface area contributed by atoms with Gasteiger partial charge < -0.3 is 14.9 Å². The molecular weight excluding hydrogens is 368 g/mol. The molecule has 0 saturated carbocycles. The van der Waals surface area contributed by atoms with Gasteiger partial charge in [0, 0.05) is 36.3 Å². The molecule has 2 aromatic rings. The second kappa shape index (κ2) is 7.70. The third-order valence-electron chi connectivity index (χ3n) is 6.21. The summed E-state index contributed by atoms with van der Waals surface area (Å²) >= 11 is 0. The topological polar surface area (TPSA) is 77.9 Å². The summed E-state index contributed by atoms with van der Waals surface area (Å²) in [5, 5.41) is 9.04. The summed E-state index contributed by atoms with van der Waals surface area (Å²) in [6, 6.07) is 15.7. The summed E-state index contributed by atoms with van der Waals surface area (Å²) in [6.07, 6.45) is 3.41. The van der Waals surface area contributed by atoms with Crippen LogP contribution in [0.25, 0.3) is 0 Å². The molecule has 6 heteroatoms. The molecule has 2 aromatic carbocycles. The number of hydrogen-bond acceptors (Lipinski definition) is 3. The highest BCUT2D eigenvalue weighted by molar-refractivity contribution is 5.97. The molecule has 2 aliphatic heterocycles. The predicted molar refractivity (Wildman–Crippen MR) is 108 cm³/mol. The second-order valence-corrected chi connectivity index (χ2v) is 7.89. The van der Waals surface area contributed by atoms with Crippen LogP contribution < -0.4 is 0 Å². The van der Waals surface area contributed by atoms with Crippen LogP contribution in [0.1, 0.15) is 56.8 Å². The third kappa shape index (κ3) is 3.62. The number of carboxylic acid groups (broad SMARTS) is 1. The van der Waals surface area contributed by atoms with Gasteiger partial charge >= 0.3 is 5.97 Å². The van der Waals surface area contributed by atoms with E-state index in [4.69, 9.17) is 5.11 Å². The molecule has 0 aliphatic carbocycles. The van der Waals surface area contributed by atoms with Crippen LogP contribution in [0.3, 0.4) is 0 Å². The third-order valence-corrected chi connectivity index (χ3v) is 6.21. The summed E-state index contributed by atoms with van der Waals surface area (Å²) in [7, 11) is 1.85. The van der Waals surface area contributed by atoms with Gasteiger partial charge in [-0.1, -0.05) is 18.2 Å². The lowest BCUT2D eigenvalue weighted by molar-refractivity contribution is 0.0406. The molecule has 29 heavy (non-hydrogen) atoms. The highest BCUT2D eigenvalue weighted by Gasteiger charge is 2.45. The lowest BCUT2D eigenvalue weighted by Gasteiger charge is -2.42. The number of hydrogen-bond donors (Lipinski definition) is 1. The van der Waals surface area contributed by atoms with E-state index in [1.165, 1.54) is 12.1 Å². The smallest absolute Gasteiger partial charge is 0.335 e. The average Bonchev–Trinajstić information content (AvgIpc) is 3.01. The van der Waals surface area contributed by atoms with Gasteiger partial charge in [0.25, 0.3) is 11.8 Å². The van der Waals surface area contributed by atoms with Crippen LogP contribution in [0.4, 0.5) is 0 Å². The Bertz CT molecular complexity index is 912. The summed E-state index contributed by atoms with van der Waals surface area (Å²) in [4.78, 5) is 40.7. The van der Waals surface area contributed by atoms with Gasteiger partial charge in [-0.2, -0.15) is 0 Å². The number of piperidine rings is 1. The molecule has 0 aromatic heterocycles. The molecule has 150 valence electrons. The van der Waals surface area contributed by atoms with Crippen molar-refractivity contribution in [1.82, 2.24) is 9.80 Å². The Kier molecular flexibility index (Phi) is 5.09. The Morgan fingerprint density at radius 3 is 1.97 bits per heavy atom. The Hall–Kier alpha value is -3.15. The number of carbonyl (C=O) groups is 3. The molecule has 2 bridgehead atoms. The van der Waals surface area contributed by atoms with Crippen LogP contribution in [-0.2, 0) is 0 Å². The molecule has 2 atom stereocenters. The van der Waals surface area contributed by atoms with E-state index in [9.17, 15) is 14.4 Å². The van der Waals surface area contributed by atoms with Crippen molar-refractivity contribution in [3.8, 4) is 0 Å². The average molecular weight is 392 g/mol. The fraction of sp³-hybridized carbons (Fsp3) is 0.348. The van der Waals surface area contributed by atoms with Gasteiger partial charge in [-0.15, -0.1) is 0 Å². The molecule has 0 spiro atoms. The number of amides is 2. The summed E-state index contributed by atoms with van der Waals surface area (Å²) in [6.45, 7) is 0. The zero-order valence-corrected chi connectivity index (χ0v) is 16.3. The largest absolute Gasteiger partial charge is 0.478 e. The Morgan fingerprint density at radius 2 is 1.41 bits per heavy atom. The zero-order valence-electron chi connectivity index (χ0n) is 16.3. The number of carboxylic acids is 1. The first-order valence-corrected chi connectivity index (χ1v) is 9.94. The molecule has 2 unspecified atom stereocenters. The van der Waals surface area contributed by atoms with Gasteiger partial charge in [-0.25, -0.2) is 4.79 Å². The van der Waals surface area contributed by atoms with Crippen molar-refractivity contribution in [3.63, 3.8) is 0 Å². The number of benzene rings is 2. The molecule has 2 saturated heterocycles. The number of nitrogens with zero attached hydrogens (tertiary/aromatic N) is 2. The second-order valence-electron chi connectivity index (χ2n) is 7.89. The first-order chi connectivity index (χ1) is 14.0. The minimum Gasteiger partial charge on any atom is -0.478 e. The van der Waals surface area contributed by atoms with E-state index in [1.807, 2.05) is 47.2 Å². The first-order valence-electron chi connectivity index (χ1n) is 9.94. The van der Waals surface area contributed by atoms with Crippen molar-refractivity contribution in [2.45, 2.75) is 43.8 Å². The van der Waals surface area contributed by atoms with Crippen LogP contribution in [0, 0.1) is 0 Å². The Morgan fingerprint density at radius 1 is 0.862 bits per heavy atom. The maximum absolute atomic E-state index is 13.1. The van der Waals surface area contributed by atoms with Crippen molar-refractivity contribution in [1.29, 1.82) is 0 Å². The van der Waals surface area contributed by atoms with Gasteiger partial charge in [0.2, 0.25) is 0 Å². The highest BCUT2D eigenvalue weighted by atomic mass is 16.4. The molecule has 2 heterocycles. The van der Waals surface area contributed by atoms with Gasteiger partial charge in [-0.3, -0.25) is 9.59 Å². The lowest BCUT2D eigenvalue weighted by Crippen LogP contribution is -2.52. The number of carbonyl (C=O) groups excluding carboxylic acids is 2. The monoisotopic (exact) mass is 392 g/mol. The van der Waals surface area contributed by atoms with Crippen LogP contribution in [-0.4, -0.2) is 57.9 Å². The van der Waals surface area contributed by atoms with E-state index >= 15 is 0 Å². The van der Waals surface area contributed by atoms with Gasteiger partial charge in [-0.05, 0) is 62.1 Å². The van der Waals surface area contributed by atoms with Crippen LogP contribution >= 0.6 is 0 Å². The fourth-order valence-corrected chi connectivity index (χ4v) is 4.65. The number of aromatic carboxylic acids is 1. The fourth-order valence-electron chi connectivity index (χ4n) is 4.65. The van der Waals surface area contributed by atoms with E-state index in [1.54, 1.807) is 12.1 Å². The van der Waals surface area contributed by atoms with Gasteiger partial charge in [0.1, 0.15) is 0 Å². The number of rotatable bonds is 4. The molecule has 2 amide bonds. The standard InChI is InChI=1S/C23H24N2O4/c1-24(21(26)15-5-3-2-4-6-15)20-13-18-11-12-19(14-20)25(18)22(27)16-7-9-17(10-8-16)23(28)29/h2-10,18-20H,11-14H2,1H3,(H,28,29). The van der Waals surface area contributed by atoms with E-state index in [0.717, 1.165) is 25.7 Å². The predicted octanol–water partition coefficient (Wildman–Crippen LogP) is 3.29. The summed E-state index contributed by atoms with van der Waals surface area (Å²) < 4.78 is 0. The van der Waals surface area contributed by atoms with Crippen molar-refractivity contribution in [2.24, 2.45) is 0 Å². The van der Waals surface area contributed by atoms with E-state index in [2.05, 4.69) is 0 Å². The van der Waals surface area contributed by atoms with Crippen LogP contribution in [0.5, 0.6) is 0 Å². The maximum atomic E-state index is 13.1. The molecule has 2 fully saturated rings. The van der Waals surface area contributed by atoms with Gasteiger partial charge in [0.05, 0.1) is 5.56 Å². The summed E-state index contributed by atoms with van der Waals surface area (Å²) in [5.74, 6) is -1.04. The SMILES string of the molecule is CN(C(=O)c1ccccc1)C1CC2CCC(C1)N2C(=O)c1ccc(C(=O)O)cc1. The minimum atomic E-state index is -1.00. The zero-order chi connectivity index (χ0) is 20.5. The van der Waals surface area contributed by atoms with Crippen LogP contribution in [0.2, 0.25) is 0 Å². The molecular formula is C23H24N2O4. The molecule has 4 rings (SSSR count). The van der Waals surface area contributed by atoms with E-state index < -0.39 is 5.97 Å². The molecule has 6 nitrogen and oxygen atoms in total. The number of fused-ring (bicyclic) bond motifs is 2. The molecule has 1 N–H and O–H groups in total. The Balaban J connectivity index is 1.47. The molecule has 0 radical (unpaired) electrons. The minimum absolute atomic E-state index is 0.0130. The molecule has 2 aliphatic rings. The maximum Gasteiger partial charge on any atom is 0.335 e. The quantitative estimate of drug-likeness (QED) is 0.866. The van der Waals surface area contributed by atoms with Crippen molar-refractivity contribution in [3.05, 3.63) is 71.3 Å². The van der Waals surface area contributed by atoms with E-state index in [-0.39, 0.29) is 35.5 Å². The first kappa shape index (κ1) is 19.2.